The summed E-state index contributed by atoms with van der Waals surface area (Å²) in [6, 6.07) is 66.1. The van der Waals surface area contributed by atoms with Gasteiger partial charge in [0.15, 0.2) is 23.1 Å². The Morgan fingerprint density at radius 1 is 0.462 bits per heavy atom. The van der Waals surface area contributed by atoms with Crippen molar-refractivity contribution in [3.05, 3.63) is 212 Å². The van der Waals surface area contributed by atoms with Crippen LogP contribution in [-0.2, 0) is 0 Å². The third kappa shape index (κ3) is 6.39. The lowest BCUT2D eigenvalue weighted by Crippen LogP contribution is -2.08. The SMILES string of the molecule is C1=CC(n2c3ccccc3c3cc(-c4cccc5c4sc4c(-c6ccccc6)cccc45)ccc32)CC=C1c1nc2cc(-c3nc(-c4ccccc4)nc(-c4ccccc4)n3)ccc2o1. The zero-order chi connectivity index (χ0) is 42.8. The summed E-state index contributed by atoms with van der Waals surface area (Å²) in [6.07, 6.45) is 7.50. The van der Waals surface area contributed by atoms with Crippen LogP contribution in [-0.4, -0.2) is 24.5 Å². The zero-order valence-corrected chi connectivity index (χ0v) is 35.8. The van der Waals surface area contributed by atoms with Crippen molar-refractivity contribution in [1.82, 2.24) is 24.5 Å². The van der Waals surface area contributed by atoms with E-state index in [-0.39, 0.29) is 6.04 Å². The fraction of sp³-hybridized carbons (Fsp3) is 0.0345. The minimum absolute atomic E-state index is 0.117. The fourth-order valence-corrected chi connectivity index (χ4v) is 10.9. The maximum Gasteiger partial charge on any atom is 0.226 e. The zero-order valence-electron chi connectivity index (χ0n) is 35.0. The van der Waals surface area contributed by atoms with E-state index < -0.39 is 0 Å². The maximum absolute atomic E-state index is 6.40. The van der Waals surface area contributed by atoms with Gasteiger partial charge in [-0.25, -0.2) is 19.9 Å². The second kappa shape index (κ2) is 15.2. The van der Waals surface area contributed by atoms with Crippen LogP contribution in [0.15, 0.2) is 211 Å². The Balaban J connectivity index is 0.826. The number of rotatable bonds is 7. The van der Waals surface area contributed by atoms with Crippen molar-refractivity contribution >= 4 is 70.0 Å². The van der Waals surface area contributed by atoms with Crippen molar-refractivity contribution in [1.29, 1.82) is 0 Å². The molecule has 4 aromatic heterocycles. The molecule has 4 heterocycles. The lowest BCUT2D eigenvalue weighted by molar-refractivity contribution is 0.582. The molecule has 0 aliphatic heterocycles. The van der Waals surface area contributed by atoms with Gasteiger partial charge in [-0.3, -0.25) is 0 Å². The van der Waals surface area contributed by atoms with Crippen LogP contribution >= 0.6 is 11.3 Å². The van der Waals surface area contributed by atoms with Gasteiger partial charge in [0.2, 0.25) is 5.89 Å². The van der Waals surface area contributed by atoms with Crippen molar-refractivity contribution in [3.63, 3.8) is 0 Å². The number of allylic oxidation sites excluding steroid dienone is 4. The second-order valence-electron chi connectivity index (χ2n) is 16.5. The lowest BCUT2D eigenvalue weighted by atomic mass is 9.99. The quantitative estimate of drug-likeness (QED) is 0.160. The Bertz CT molecular complexity index is 3810. The monoisotopic (exact) mass is 851 g/mol. The first-order valence-corrected chi connectivity index (χ1v) is 22.7. The molecule has 1 unspecified atom stereocenters. The topological polar surface area (TPSA) is 69.6 Å². The smallest absolute Gasteiger partial charge is 0.226 e. The van der Waals surface area contributed by atoms with Crippen molar-refractivity contribution in [2.45, 2.75) is 12.5 Å². The molecule has 0 bridgehead atoms. The van der Waals surface area contributed by atoms with Crippen LogP contribution in [0.25, 0.3) is 115 Å². The maximum atomic E-state index is 6.40. The molecule has 13 rings (SSSR count). The summed E-state index contributed by atoms with van der Waals surface area (Å²) < 4.78 is 11.5. The van der Waals surface area contributed by atoms with Gasteiger partial charge in [-0.1, -0.05) is 170 Å². The number of hydrogen-bond acceptors (Lipinski definition) is 6. The molecule has 65 heavy (non-hydrogen) atoms. The summed E-state index contributed by atoms with van der Waals surface area (Å²) in [6.45, 7) is 0. The molecule has 0 amide bonds. The van der Waals surface area contributed by atoms with Crippen LogP contribution in [0, 0.1) is 0 Å². The number of para-hydroxylation sites is 1. The van der Waals surface area contributed by atoms with Crippen LogP contribution < -0.4 is 0 Å². The van der Waals surface area contributed by atoms with Crippen molar-refractivity contribution in [3.8, 4) is 56.4 Å². The average molecular weight is 852 g/mol. The number of oxazole rings is 1. The van der Waals surface area contributed by atoms with Crippen LogP contribution in [0.2, 0.25) is 0 Å². The van der Waals surface area contributed by atoms with Gasteiger partial charge in [0.25, 0.3) is 0 Å². The van der Waals surface area contributed by atoms with E-state index in [0.717, 1.165) is 34.2 Å². The number of thiophene rings is 1. The Morgan fingerprint density at radius 3 is 1.69 bits per heavy atom. The summed E-state index contributed by atoms with van der Waals surface area (Å²) in [5.41, 5.74) is 12.6. The van der Waals surface area contributed by atoms with Gasteiger partial charge in [-0.15, -0.1) is 11.3 Å². The highest BCUT2D eigenvalue weighted by atomic mass is 32.1. The largest absolute Gasteiger partial charge is 0.436 e. The molecule has 7 heteroatoms. The summed E-state index contributed by atoms with van der Waals surface area (Å²) >= 11 is 1.90. The number of aromatic nitrogens is 5. The van der Waals surface area contributed by atoms with E-state index in [0.29, 0.717) is 28.9 Å². The minimum Gasteiger partial charge on any atom is -0.436 e. The molecule has 306 valence electrons. The molecule has 0 saturated carbocycles. The van der Waals surface area contributed by atoms with Gasteiger partial charge in [-0.05, 0) is 65.1 Å². The van der Waals surface area contributed by atoms with E-state index in [2.05, 4.69) is 132 Å². The van der Waals surface area contributed by atoms with E-state index in [1.807, 2.05) is 90.2 Å². The summed E-state index contributed by atoms with van der Waals surface area (Å²) in [5, 5.41) is 5.11. The van der Waals surface area contributed by atoms with Gasteiger partial charge >= 0.3 is 0 Å². The number of hydrogen-bond donors (Lipinski definition) is 0. The molecule has 0 spiro atoms. The van der Waals surface area contributed by atoms with E-state index in [1.165, 1.54) is 64.2 Å². The molecule has 12 aromatic rings. The Kier molecular flexibility index (Phi) is 8.74. The highest BCUT2D eigenvalue weighted by molar-refractivity contribution is 7.26. The van der Waals surface area contributed by atoms with E-state index >= 15 is 0 Å². The molecular weight excluding hydrogens is 815 g/mol. The van der Waals surface area contributed by atoms with Crippen molar-refractivity contribution in [2.75, 3.05) is 0 Å². The predicted molar refractivity (Wildman–Crippen MR) is 268 cm³/mol. The standard InChI is InChI=1S/C58H37N5OS/c1-4-14-36(15-5-1)43-21-12-23-46-47-24-13-22-44(54(47)65-53(43)46)40-28-32-51-48(34-40)45-20-10-11-25-50(45)63(51)42-30-26-39(27-31-42)58-59-49-35-41(29-33-52(49)64-58)57-61-55(37-16-6-2-7-17-37)60-56(62-57)38-18-8-3-9-19-38/h1-30,32-35,42H,31H2. The summed E-state index contributed by atoms with van der Waals surface area (Å²) in [4.78, 5) is 19.7. The third-order valence-corrected chi connectivity index (χ3v) is 13.9. The van der Waals surface area contributed by atoms with Gasteiger partial charge in [0, 0.05) is 64.2 Å². The Hall–Kier alpha value is -8.26. The Labute approximate surface area is 378 Å². The third-order valence-electron chi connectivity index (χ3n) is 12.6. The Morgan fingerprint density at radius 2 is 1.03 bits per heavy atom. The molecule has 0 N–H and O–H groups in total. The van der Waals surface area contributed by atoms with Crippen LogP contribution in [0.4, 0.5) is 0 Å². The summed E-state index contributed by atoms with van der Waals surface area (Å²) in [7, 11) is 0. The molecule has 1 aliphatic carbocycles. The molecular formula is C58H37N5OS. The van der Waals surface area contributed by atoms with Crippen LogP contribution in [0.5, 0.6) is 0 Å². The van der Waals surface area contributed by atoms with Gasteiger partial charge < -0.3 is 8.98 Å². The molecule has 0 saturated heterocycles. The highest BCUT2D eigenvalue weighted by Crippen LogP contribution is 2.45. The lowest BCUT2D eigenvalue weighted by Gasteiger charge is -2.20. The molecule has 8 aromatic carbocycles. The van der Waals surface area contributed by atoms with E-state index in [4.69, 9.17) is 24.4 Å². The van der Waals surface area contributed by atoms with Crippen molar-refractivity contribution in [2.24, 2.45) is 0 Å². The van der Waals surface area contributed by atoms with Gasteiger partial charge in [0.1, 0.15) is 5.52 Å². The molecule has 0 fully saturated rings. The predicted octanol–water partition coefficient (Wildman–Crippen LogP) is 15.4. The molecule has 6 nitrogen and oxygen atoms in total. The van der Waals surface area contributed by atoms with Crippen LogP contribution in [0.1, 0.15) is 18.4 Å². The first-order chi connectivity index (χ1) is 32.2. The number of nitrogens with zero attached hydrogens (tertiary/aromatic N) is 5. The molecule has 1 atom stereocenters. The molecule has 0 radical (unpaired) electrons. The fourth-order valence-electron chi connectivity index (χ4n) is 9.51. The minimum atomic E-state index is 0.117. The van der Waals surface area contributed by atoms with Gasteiger partial charge in [-0.2, -0.15) is 0 Å². The van der Waals surface area contributed by atoms with Gasteiger partial charge in [0.05, 0.1) is 6.04 Å². The average Bonchev–Trinajstić information content (AvgIpc) is 4.09. The van der Waals surface area contributed by atoms with E-state index in [1.54, 1.807) is 0 Å². The first kappa shape index (κ1) is 37.3. The number of benzene rings is 8. The normalized spacial score (nSPS) is 14.0. The highest BCUT2D eigenvalue weighted by Gasteiger charge is 2.22. The number of fused-ring (bicyclic) bond motifs is 7. The second-order valence-corrected chi connectivity index (χ2v) is 17.5. The first-order valence-electron chi connectivity index (χ1n) is 21.9. The van der Waals surface area contributed by atoms with Crippen LogP contribution in [0.3, 0.4) is 0 Å². The van der Waals surface area contributed by atoms with Crippen molar-refractivity contribution < 1.29 is 4.42 Å². The summed E-state index contributed by atoms with van der Waals surface area (Å²) in [5.74, 6) is 2.41. The van der Waals surface area contributed by atoms with E-state index in [9.17, 15) is 0 Å². The molecule has 1 aliphatic rings.